The molecule has 0 fully saturated rings. The van der Waals surface area contributed by atoms with E-state index in [1.54, 1.807) is 37.5 Å². The van der Waals surface area contributed by atoms with Crippen molar-refractivity contribution in [3.8, 4) is 23.3 Å². The van der Waals surface area contributed by atoms with Crippen molar-refractivity contribution in [2.24, 2.45) is 7.05 Å². The number of hydrogen-bond donors (Lipinski definition) is 3. The van der Waals surface area contributed by atoms with Crippen molar-refractivity contribution >= 4 is 34.0 Å². The van der Waals surface area contributed by atoms with Gasteiger partial charge in [-0.25, -0.2) is 9.97 Å². The van der Waals surface area contributed by atoms with E-state index in [2.05, 4.69) is 32.4 Å². The van der Waals surface area contributed by atoms with Crippen LogP contribution in [0.25, 0.3) is 10.9 Å². The van der Waals surface area contributed by atoms with Crippen molar-refractivity contribution in [3.63, 3.8) is 0 Å². The fourth-order valence-electron chi connectivity index (χ4n) is 3.29. The fourth-order valence-corrected chi connectivity index (χ4v) is 3.29. The summed E-state index contributed by atoms with van der Waals surface area (Å²) >= 11 is 0. The van der Waals surface area contributed by atoms with Gasteiger partial charge in [0.15, 0.2) is 0 Å². The molecule has 176 valence electrons. The number of carbonyl (C=O) groups is 1. The van der Waals surface area contributed by atoms with Crippen LogP contribution in [0.1, 0.15) is 12.0 Å². The molecular weight excluding hydrogens is 446 g/mol. The summed E-state index contributed by atoms with van der Waals surface area (Å²) in [6.45, 7) is 1.81. The van der Waals surface area contributed by atoms with Crippen molar-refractivity contribution < 1.29 is 14.6 Å². The maximum absolute atomic E-state index is 12.0. The molecule has 0 saturated carbocycles. The number of nitrogens with one attached hydrogen (secondary N) is 2. The third kappa shape index (κ3) is 5.82. The highest BCUT2D eigenvalue weighted by atomic mass is 16.5. The molecule has 0 bridgehead atoms. The van der Waals surface area contributed by atoms with Crippen LogP contribution >= 0.6 is 0 Å². The molecule has 0 spiro atoms. The van der Waals surface area contributed by atoms with Crippen LogP contribution < -0.4 is 20.9 Å². The first-order chi connectivity index (χ1) is 16.9. The van der Waals surface area contributed by atoms with Gasteiger partial charge in [0, 0.05) is 42.5 Å². The predicted molar refractivity (Wildman–Crippen MR) is 134 cm³/mol. The maximum atomic E-state index is 12.0. The topological polar surface area (TPSA) is 118 Å². The average Bonchev–Trinajstić information content (AvgIpc) is 2.84. The minimum Gasteiger partial charge on any atom is -0.457 e. The van der Waals surface area contributed by atoms with E-state index in [9.17, 15) is 9.59 Å². The summed E-state index contributed by atoms with van der Waals surface area (Å²) in [5.41, 5.74) is 2.75. The van der Waals surface area contributed by atoms with Gasteiger partial charge in [-0.3, -0.25) is 9.59 Å². The molecule has 0 unspecified atom stereocenters. The van der Waals surface area contributed by atoms with Crippen molar-refractivity contribution in [2.75, 3.05) is 17.2 Å². The molecule has 4 rings (SSSR count). The Morgan fingerprint density at radius 3 is 2.71 bits per heavy atom. The zero-order valence-electron chi connectivity index (χ0n) is 19.2. The number of nitrogens with zero attached hydrogens (tertiary/aromatic N) is 3. The average molecular weight is 470 g/mol. The lowest BCUT2D eigenvalue weighted by Crippen LogP contribution is -2.13. The van der Waals surface area contributed by atoms with Gasteiger partial charge >= 0.3 is 0 Å². The number of fused-ring (bicyclic) bond motifs is 1. The smallest absolute Gasteiger partial charge is 0.300 e. The Hall–Kier alpha value is -4.68. The van der Waals surface area contributed by atoms with Crippen LogP contribution in [0.2, 0.25) is 0 Å². The minimum absolute atomic E-state index is 0.0958. The fraction of sp³-hybridized carbons (Fsp3) is 0.154. The predicted octanol–water partition coefficient (Wildman–Crippen LogP) is 3.50. The Labute approximate surface area is 201 Å². The zero-order valence-corrected chi connectivity index (χ0v) is 19.2. The molecule has 0 saturated heterocycles. The van der Waals surface area contributed by atoms with E-state index < -0.39 is 5.91 Å². The summed E-state index contributed by atoms with van der Waals surface area (Å²) in [6, 6.07) is 14.0. The molecule has 9 nitrogen and oxygen atoms in total. The summed E-state index contributed by atoms with van der Waals surface area (Å²) < 4.78 is 7.35. The first kappa shape index (κ1) is 23.5. The Kier molecular flexibility index (Phi) is 7.04. The van der Waals surface area contributed by atoms with Crippen LogP contribution in [0.3, 0.4) is 0 Å². The van der Waals surface area contributed by atoms with Gasteiger partial charge in [-0.2, -0.15) is 0 Å². The normalized spacial score (nSPS) is 10.4. The molecule has 2 aromatic heterocycles. The van der Waals surface area contributed by atoms with Crippen LogP contribution in [0, 0.1) is 18.8 Å². The summed E-state index contributed by atoms with van der Waals surface area (Å²) in [4.78, 5) is 32.5. The highest BCUT2D eigenvalue weighted by molar-refractivity contribution is 6.05. The van der Waals surface area contributed by atoms with Crippen molar-refractivity contribution in [2.45, 2.75) is 13.3 Å². The number of benzene rings is 2. The number of pyridine rings is 1. The van der Waals surface area contributed by atoms with Gasteiger partial charge in [-0.1, -0.05) is 5.92 Å². The number of anilines is 3. The third-order valence-electron chi connectivity index (χ3n) is 5.07. The number of rotatable bonds is 6. The monoisotopic (exact) mass is 469 g/mol. The van der Waals surface area contributed by atoms with Gasteiger partial charge in [-0.15, -0.1) is 0 Å². The molecule has 4 aromatic rings. The van der Waals surface area contributed by atoms with Crippen LogP contribution in [0.15, 0.2) is 65.8 Å². The van der Waals surface area contributed by atoms with Gasteiger partial charge in [0.2, 0.25) is 0 Å². The van der Waals surface area contributed by atoms with E-state index in [4.69, 9.17) is 9.84 Å². The van der Waals surface area contributed by atoms with Gasteiger partial charge in [-0.05, 0) is 60.9 Å². The SMILES string of the molecule is Cc1cc(Nc2ncnc3ccc(NC(=O)C#CCCO)cc23)ccc1Oc1ccn(C)c(=O)c1. The van der Waals surface area contributed by atoms with Crippen LogP contribution in [-0.2, 0) is 11.8 Å². The molecule has 2 heterocycles. The Bertz CT molecular complexity index is 1520. The van der Waals surface area contributed by atoms with Gasteiger partial charge in [0.05, 0.1) is 12.1 Å². The molecule has 3 N–H and O–H groups in total. The molecule has 9 heteroatoms. The molecule has 0 aliphatic heterocycles. The van der Waals surface area contributed by atoms with Gasteiger partial charge < -0.3 is 25.0 Å². The molecule has 1 amide bonds. The number of aliphatic hydroxyl groups is 1. The van der Waals surface area contributed by atoms with E-state index in [0.717, 1.165) is 11.3 Å². The van der Waals surface area contributed by atoms with Crippen LogP contribution in [-0.4, -0.2) is 32.2 Å². The van der Waals surface area contributed by atoms with E-state index >= 15 is 0 Å². The number of aliphatic hydroxyl groups excluding tert-OH is 1. The van der Waals surface area contributed by atoms with Crippen LogP contribution in [0.5, 0.6) is 11.5 Å². The number of amides is 1. The zero-order chi connectivity index (χ0) is 24.8. The summed E-state index contributed by atoms with van der Waals surface area (Å²) in [5, 5.41) is 15.5. The quantitative estimate of drug-likeness (QED) is 0.370. The van der Waals surface area contributed by atoms with Crippen molar-refractivity contribution in [3.05, 3.63) is 77.0 Å². The molecule has 2 aromatic carbocycles. The number of aryl methyl sites for hydroxylation is 2. The van der Waals surface area contributed by atoms with Gasteiger partial charge in [0.1, 0.15) is 23.6 Å². The first-order valence-electron chi connectivity index (χ1n) is 10.8. The number of aromatic nitrogens is 3. The number of hydrogen-bond acceptors (Lipinski definition) is 7. The minimum atomic E-state index is -0.466. The summed E-state index contributed by atoms with van der Waals surface area (Å²) in [5.74, 6) is 6.22. The molecular formula is C26H23N5O4. The van der Waals surface area contributed by atoms with Crippen molar-refractivity contribution in [1.29, 1.82) is 0 Å². The lowest BCUT2D eigenvalue weighted by molar-refractivity contribution is -0.111. The first-order valence-corrected chi connectivity index (χ1v) is 10.8. The molecule has 0 radical (unpaired) electrons. The van der Waals surface area contributed by atoms with Crippen molar-refractivity contribution in [1.82, 2.24) is 14.5 Å². The largest absolute Gasteiger partial charge is 0.457 e. The Morgan fingerprint density at radius 1 is 1.11 bits per heavy atom. The highest BCUT2D eigenvalue weighted by Crippen LogP contribution is 2.30. The second-order valence-corrected chi connectivity index (χ2v) is 7.70. The molecule has 0 atom stereocenters. The highest BCUT2D eigenvalue weighted by Gasteiger charge is 2.09. The number of carbonyl (C=O) groups excluding carboxylic acids is 1. The lowest BCUT2D eigenvalue weighted by Gasteiger charge is -2.13. The van der Waals surface area contributed by atoms with Gasteiger partial charge in [0.25, 0.3) is 11.5 Å². The Balaban J connectivity index is 1.55. The summed E-state index contributed by atoms with van der Waals surface area (Å²) in [6.07, 6.45) is 3.35. The summed E-state index contributed by atoms with van der Waals surface area (Å²) in [7, 11) is 1.68. The molecule has 35 heavy (non-hydrogen) atoms. The lowest BCUT2D eigenvalue weighted by atomic mass is 10.1. The Morgan fingerprint density at radius 2 is 1.94 bits per heavy atom. The van der Waals surface area contributed by atoms with E-state index in [0.29, 0.717) is 33.9 Å². The third-order valence-corrected chi connectivity index (χ3v) is 5.07. The van der Waals surface area contributed by atoms with Crippen LogP contribution in [0.4, 0.5) is 17.2 Å². The van der Waals surface area contributed by atoms with E-state index in [1.165, 1.54) is 17.0 Å². The van der Waals surface area contributed by atoms with E-state index in [1.807, 2.05) is 25.1 Å². The standard InChI is InChI=1S/C26H23N5O4/c1-17-13-18(7-9-23(17)35-20-10-11-31(2)25(34)15-20)30-26-21-14-19(6-8-22(21)27-16-28-26)29-24(33)5-3-4-12-32/h6-11,13-16,32H,4,12H2,1-2H3,(H,29,33)(H,27,28,30). The number of ether oxygens (including phenoxy) is 1. The maximum Gasteiger partial charge on any atom is 0.300 e. The van der Waals surface area contributed by atoms with E-state index in [-0.39, 0.29) is 18.6 Å². The molecule has 0 aliphatic carbocycles. The molecule has 0 aliphatic rings. The second kappa shape index (κ2) is 10.5. The second-order valence-electron chi connectivity index (χ2n) is 7.70.